The molecule has 0 unspecified atom stereocenters. The summed E-state index contributed by atoms with van der Waals surface area (Å²) in [5.74, 6) is 0.572. The van der Waals surface area contributed by atoms with Gasteiger partial charge < -0.3 is 9.88 Å². The van der Waals surface area contributed by atoms with Gasteiger partial charge in [0.25, 0.3) is 0 Å². The number of hydrogen-bond donors (Lipinski definition) is 1. The molecule has 3 fully saturated rings. The van der Waals surface area contributed by atoms with Gasteiger partial charge in [0.15, 0.2) is 5.82 Å². The average Bonchev–Trinajstić information content (AvgIpc) is 3.92. The van der Waals surface area contributed by atoms with Gasteiger partial charge >= 0.3 is 0 Å². The van der Waals surface area contributed by atoms with Gasteiger partial charge in [-0.1, -0.05) is 26.0 Å². The summed E-state index contributed by atoms with van der Waals surface area (Å²) in [7, 11) is 0. The predicted molar refractivity (Wildman–Crippen MR) is 157 cm³/mol. The van der Waals surface area contributed by atoms with E-state index in [0.29, 0.717) is 17.4 Å². The van der Waals surface area contributed by atoms with Gasteiger partial charge in [0, 0.05) is 67.5 Å². The van der Waals surface area contributed by atoms with E-state index in [4.69, 9.17) is 0 Å². The number of pyridine rings is 1. The summed E-state index contributed by atoms with van der Waals surface area (Å²) in [5.41, 5.74) is 4.80. The number of nitrogens with one attached hydrogen (secondary N) is 1. The van der Waals surface area contributed by atoms with E-state index in [1.165, 1.54) is 24.6 Å². The third kappa shape index (κ3) is 5.18. The smallest absolute Gasteiger partial charge is 0.229 e. The second-order valence-corrected chi connectivity index (χ2v) is 12.0. The zero-order valence-electron chi connectivity index (χ0n) is 23.6. The number of nitriles is 1. The van der Waals surface area contributed by atoms with Crippen LogP contribution in [0.1, 0.15) is 68.3 Å². The molecule has 3 aliphatic rings. The molecule has 2 aliphatic carbocycles. The average molecular weight is 551 g/mol. The lowest BCUT2D eigenvalue weighted by Gasteiger charge is -2.34. The summed E-state index contributed by atoms with van der Waals surface area (Å²) < 4.78 is 17.2. The van der Waals surface area contributed by atoms with Crippen molar-refractivity contribution in [2.24, 2.45) is 0 Å². The Hall–Kier alpha value is -3.87. The van der Waals surface area contributed by atoms with Crippen molar-refractivity contribution in [3.05, 3.63) is 65.4 Å². The highest BCUT2D eigenvalue weighted by Gasteiger charge is 2.32. The first-order valence-corrected chi connectivity index (χ1v) is 14.8. The van der Waals surface area contributed by atoms with Gasteiger partial charge in [0.1, 0.15) is 23.3 Å². The lowest BCUT2D eigenvalue weighted by atomic mass is 9.98. The Morgan fingerprint density at radius 2 is 1.78 bits per heavy atom. The molecule has 9 heteroatoms. The maximum absolute atomic E-state index is 15.1. The van der Waals surface area contributed by atoms with Crippen LogP contribution in [0.2, 0.25) is 0 Å². The van der Waals surface area contributed by atoms with Crippen molar-refractivity contribution >= 4 is 22.7 Å². The molecule has 0 bridgehead atoms. The molecule has 0 atom stereocenters. The highest BCUT2D eigenvalue weighted by atomic mass is 19.1. The maximum atomic E-state index is 15.1. The van der Waals surface area contributed by atoms with Crippen molar-refractivity contribution in [1.29, 1.82) is 5.26 Å². The topological polar surface area (TPSA) is 85.9 Å². The van der Waals surface area contributed by atoms with Crippen LogP contribution in [0, 0.1) is 17.1 Å². The molecule has 7 rings (SSSR count). The van der Waals surface area contributed by atoms with E-state index in [-0.39, 0.29) is 17.6 Å². The number of halogens is 1. The number of fused-ring (bicyclic) bond motifs is 1. The first-order chi connectivity index (χ1) is 20.0. The molecule has 1 saturated heterocycles. The fourth-order valence-electron chi connectivity index (χ4n) is 6.22. The Bertz CT molecular complexity index is 1620. The summed E-state index contributed by atoms with van der Waals surface area (Å²) in [6, 6.07) is 13.5. The van der Waals surface area contributed by atoms with E-state index in [1.54, 1.807) is 0 Å². The van der Waals surface area contributed by atoms with Crippen LogP contribution in [0.3, 0.4) is 0 Å². The third-order valence-electron chi connectivity index (χ3n) is 8.60. The zero-order valence-corrected chi connectivity index (χ0v) is 23.6. The Labute approximate surface area is 239 Å². The van der Waals surface area contributed by atoms with Crippen molar-refractivity contribution in [3.63, 3.8) is 0 Å². The highest BCUT2D eigenvalue weighted by molar-refractivity contribution is 5.91. The van der Waals surface area contributed by atoms with Gasteiger partial charge in [-0.3, -0.25) is 9.80 Å². The van der Waals surface area contributed by atoms with Crippen LogP contribution < -0.4 is 5.32 Å². The monoisotopic (exact) mass is 550 g/mol. The van der Waals surface area contributed by atoms with Crippen molar-refractivity contribution in [2.45, 2.75) is 64.1 Å². The van der Waals surface area contributed by atoms with E-state index in [1.807, 2.05) is 30.5 Å². The Morgan fingerprint density at radius 1 is 1.00 bits per heavy atom. The zero-order chi connectivity index (χ0) is 28.1. The molecule has 2 saturated carbocycles. The van der Waals surface area contributed by atoms with Crippen molar-refractivity contribution in [1.82, 2.24) is 29.3 Å². The number of hydrogen-bond acceptors (Lipinski definition) is 7. The molecule has 3 aromatic heterocycles. The van der Waals surface area contributed by atoms with Crippen LogP contribution in [0.5, 0.6) is 0 Å². The van der Waals surface area contributed by atoms with Crippen molar-refractivity contribution < 1.29 is 4.39 Å². The van der Waals surface area contributed by atoms with Gasteiger partial charge in [0.2, 0.25) is 5.95 Å². The standard InChI is InChI=1S/C32H35FN8/c1-20(2)30-25-15-22(4-9-27(25)41(24-7-8-24)28(30)16-34)31-26(33)18-36-32(38-31)37-29-10-3-21(17-35-29)19-39-11-13-40(14-12-39)23-5-6-23/h3-4,9-10,15,17-18,20,23-24H,5-8,11-14,19H2,1-2H3,(H,35,36,37,38). The number of anilines is 2. The molecule has 1 aromatic carbocycles. The lowest BCUT2D eigenvalue weighted by Crippen LogP contribution is -2.46. The largest absolute Gasteiger partial charge is 0.329 e. The molecule has 41 heavy (non-hydrogen) atoms. The minimum atomic E-state index is -0.492. The summed E-state index contributed by atoms with van der Waals surface area (Å²) in [6.07, 6.45) is 7.98. The number of nitrogens with zero attached hydrogens (tertiary/aromatic N) is 7. The van der Waals surface area contributed by atoms with Crippen LogP contribution in [-0.4, -0.2) is 61.5 Å². The second kappa shape index (κ2) is 10.5. The van der Waals surface area contributed by atoms with E-state index in [9.17, 15) is 5.26 Å². The van der Waals surface area contributed by atoms with Gasteiger partial charge in [-0.25, -0.2) is 19.3 Å². The van der Waals surface area contributed by atoms with E-state index in [0.717, 1.165) is 73.8 Å². The maximum Gasteiger partial charge on any atom is 0.229 e. The number of benzene rings is 1. The van der Waals surface area contributed by atoms with Gasteiger partial charge in [-0.05, 0) is 60.9 Å². The number of piperazine rings is 1. The van der Waals surface area contributed by atoms with Crippen LogP contribution in [-0.2, 0) is 6.54 Å². The SMILES string of the molecule is CC(C)c1c(C#N)n(C2CC2)c2ccc(-c3nc(Nc4ccc(CN5CCN(C6CC6)CC5)cn4)ncc3F)cc12. The minimum Gasteiger partial charge on any atom is -0.329 e. The van der Waals surface area contributed by atoms with Crippen LogP contribution >= 0.6 is 0 Å². The van der Waals surface area contributed by atoms with Crippen molar-refractivity contribution in [3.8, 4) is 17.3 Å². The Balaban J connectivity index is 1.10. The third-order valence-corrected chi connectivity index (χ3v) is 8.60. The molecule has 0 radical (unpaired) electrons. The first kappa shape index (κ1) is 26.1. The minimum absolute atomic E-state index is 0.163. The Kier molecular flexibility index (Phi) is 6.68. The predicted octanol–water partition coefficient (Wildman–Crippen LogP) is 5.99. The van der Waals surface area contributed by atoms with E-state index in [2.05, 4.69) is 60.6 Å². The van der Waals surface area contributed by atoms with E-state index < -0.39 is 5.82 Å². The molecule has 210 valence electrons. The van der Waals surface area contributed by atoms with Crippen LogP contribution in [0.25, 0.3) is 22.2 Å². The normalized spacial score (nSPS) is 18.2. The second-order valence-electron chi connectivity index (χ2n) is 12.0. The molecular formula is C32H35FN8. The highest BCUT2D eigenvalue weighted by Crippen LogP contribution is 2.43. The van der Waals surface area contributed by atoms with Crippen LogP contribution in [0.4, 0.5) is 16.2 Å². The molecule has 1 N–H and O–H groups in total. The van der Waals surface area contributed by atoms with Gasteiger partial charge in [0.05, 0.1) is 6.20 Å². The fraction of sp³-hybridized carbons (Fsp3) is 0.438. The lowest BCUT2D eigenvalue weighted by molar-refractivity contribution is 0.121. The molecule has 4 heterocycles. The molecule has 8 nitrogen and oxygen atoms in total. The Morgan fingerprint density at radius 3 is 2.44 bits per heavy atom. The van der Waals surface area contributed by atoms with E-state index >= 15 is 4.39 Å². The molecule has 0 amide bonds. The summed E-state index contributed by atoms with van der Waals surface area (Å²) in [4.78, 5) is 18.4. The molecule has 1 aliphatic heterocycles. The first-order valence-electron chi connectivity index (χ1n) is 14.8. The molecular weight excluding hydrogens is 515 g/mol. The molecule has 4 aromatic rings. The molecule has 0 spiro atoms. The number of aromatic nitrogens is 4. The summed E-state index contributed by atoms with van der Waals surface area (Å²) in [5, 5.41) is 14.1. The summed E-state index contributed by atoms with van der Waals surface area (Å²) >= 11 is 0. The number of rotatable bonds is 8. The summed E-state index contributed by atoms with van der Waals surface area (Å²) in [6.45, 7) is 9.58. The van der Waals surface area contributed by atoms with Gasteiger partial charge in [-0.15, -0.1) is 0 Å². The quantitative estimate of drug-likeness (QED) is 0.289. The van der Waals surface area contributed by atoms with Crippen LogP contribution in [0.15, 0.2) is 42.7 Å². The fourth-order valence-corrected chi connectivity index (χ4v) is 6.22. The van der Waals surface area contributed by atoms with Gasteiger partial charge in [-0.2, -0.15) is 5.26 Å². The van der Waals surface area contributed by atoms with Crippen molar-refractivity contribution in [2.75, 3.05) is 31.5 Å².